The second kappa shape index (κ2) is 6.04. The van der Waals surface area contributed by atoms with Gasteiger partial charge >= 0.3 is 0 Å². The molecule has 0 unspecified atom stereocenters. The van der Waals surface area contributed by atoms with Gasteiger partial charge in [0.15, 0.2) is 0 Å². The van der Waals surface area contributed by atoms with Crippen LogP contribution in [-0.2, 0) is 0 Å². The molecule has 19 heavy (non-hydrogen) atoms. The van der Waals surface area contributed by atoms with Crippen LogP contribution in [-0.4, -0.2) is 16.8 Å². The van der Waals surface area contributed by atoms with E-state index < -0.39 is 0 Å². The van der Waals surface area contributed by atoms with E-state index in [1.807, 2.05) is 0 Å². The first-order valence-corrected chi connectivity index (χ1v) is 7.81. The molecule has 0 aliphatic heterocycles. The van der Waals surface area contributed by atoms with Crippen LogP contribution in [0.5, 0.6) is 0 Å². The van der Waals surface area contributed by atoms with Crippen LogP contribution in [0, 0.1) is 11.7 Å². The zero-order valence-corrected chi connectivity index (χ0v) is 12.7. The van der Waals surface area contributed by atoms with Crippen molar-refractivity contribution in [3.05, 3.63) is 35.6 Å². The van der Waals surface area contributed by atoms with Crippen LogP contribution < -0.4 is 5.32 Å². The number of alkyl halides is 1. The molecule has 0 saturated heterocycles. The van der Waals surface area contributed by atoms with Gasteiger partial charge in [-0.2, -0.15) is 0 Å². The van der Waals surface area contributed by atoms with E-state index >= 15 is 0 Å². The number of hydrogen-bond donors (Lipinski definition) is 1. The van der Waals surface area contributed by atoms with E-state index in [1.165, 1.54) is 24.3 Å². The molecule has 1 aromatic rings. The molecule has 0 heterocycles. The zero-order valence-electron chi connectivity index (χ0n) is 11.1. The molecule has 1 aromatic carbocycles. The highest BCUT2D eigenvalue weighted by molar-refractivity contribution is 9.09. The van der Waals surface area contributed by atoms with Crippen LogP contribution in [0.15, 0.2) is 24.3 Å². The SMILES string of the molecule is CC1CCC(CBr)(NC(=O)c2ccc(F)cc2)CC1. The van der Waals surface area contributed by atoms with Gasteiger partial charge in [-0.25, -0.2) is 4.39 Å². The van der Waals surface area contributed by atoms with Gasteiger partial charge in [0.25, 0.3) is 5.91 Å². The fraction of sp³-hybridized carbons (Fsp3) is 0.533. The number of hydrogen-bond acceptors (Lipinski definition) is 1. The number of halogens is 2. The Hall–Kier alpha value is -0.900. The molecular formula is C15H19BrFNO. The second-order valence-electron chi connectivity index (χ2n) is 5.56. The minimum absolute atomic E-state index is 0.117. The quantitative estimate of drug-likeness (QED) is 0.838. The molecule has 0 aromatic heterocycles. The lowest BCUT2D eigenvalue weighted by Crippen LogP contribution is -2.52. The summed E-state index contributed by atoms with van der Waals surface area (Å²) < 4.78 is 12.9. The van der Waals surface area contributed by atoms with E-state index in [9.17, 15) is 9.18 Å². The lowest BCUT2D eigenvalue weighted by molar-refractivity contribution is 0.0874. The number of amides is 1. The van der Waals surface area contributed by atoms with Gasteiger partial charge in [-0.1, -0.05) is 22.9 Å². The van der Waals surface area contributed by atoms with Gasteiger partial charge < -0.3 is 5.32 Å². The van der Waals surface area contributed by atoms with Crippen molar-refractivity contribution in [2.24, 2.45) is 5.92 Å². The summed E-state index contributed by atoms with van der Waals surface area (Å²) in [4.78, 5) is 12.2. The van der Waals surface area contributed by atoms with Crippen molar-refractivity contribution in [1.29, 1.82) is 0 Å². The molecule has 2 rings (SSSR count). The molecule has 0 bridgehead atoms. The summed E-state index contributed by atoms with van der Waals surface area (Å²) >= 11 is 3.53. The third-order valence-corrected chi connectivity index (χ3v) is 5.05. The second-order valence-corrected chi connectivity index (χ2v) is 6.12. The van der Waals surface area contributed by atoms with Crippen LogP contribution in [0.1, 0.15) is 43.0 Å². The maximum Gasteiger partial charge on any atom is 0.251 e. The third kappa shape index (κ3) is 3.56. The van der Waals surface area contributed by atoms with Gasteiger partial charge in [-0.05, 0) is 55.9 Å². The summed E-state index contributed by atoms with van der Waals surface area (Å²) in [5, 5.41) is 3.89. The molecule has 1 amide bonds. The molecule has 104 valence electrons. The van der Waals surface area contributed by atoms with Gasteiger partial charge in [0.05, 0.1) is 5.54 Å². The first kappa shape index (κ1) is 14.5. The summed E-state index contributed by atoms with van der Waals surface area (Å²) in [5.74, 6) is 0.294. The van der Waals surface area contributed by atoms with E-state index in [4.69, 9.17) is 0 Å². The van der Waals surface area contributed by atoms with E-state index in [-0.39, 0.29) is 17.3 Å². The van der Waals surface area contributed by atoms with Crippen molar-refractivity contribution >= 4 is 21.8 Å². The van der Waals surface area contributed by atoms with Crippen LogP contribution in [0.3, 0.4) is 0 Å². The minimum Gasteiger partial charge on any atom is -0.346 e. The van der Waals surface area contributed by atoms with Gasteiger partial charge in [-0.3, -0.25) is 4.79 Å². The Morgan fingerprint density at radius 3 is 2.47 bits per heavy atom. The first-order chi connectivity index (χ1) is 9.04. The Balaban J connectivity index is 2.06. The van der Waals surface area contributed by atoms with Crippen LogP contribution in [0.25, 0.3) is 0 Å². The summed E-state index contributed by atoms with van der Waals surface area (Å²) in [5.41, 5.74) is 0.359. The average Bonchev–Trinajstić information content (AvgIpc) is 2.42. The van der Waals surface area contributed by atoms with Crippen molar-refractivity contribution in [3.63, 3.8) is 0 Å². The summed E-state index contributed by atoms with van der Waals surface area (Å²) in [6.07, 6.45) is 4.25. The summed E-state index contributed by atoms with van der Waals surface area (Å²) in [6.45, 7) is 2.25. The topological polar surface area (TPSA) is 29.1 Å². The van der Waals surface area contributed by atoms with Gasteiger partial charge in [0.1, 0.15) is 5.82 Å². The third-order valence-electron chi connectivity index (χ3n) is 3.97. The molecule has 1 N–H and O–H groups in total. The van der Waals surface area contributed by atoms with E-state index in [0.717, 1.165) is 36.9 Å². The van der Waals surface area contributed by atoms with E-state index in [0.29, 0.717) is 5.56 Å². The normalized spacial score (nSPS) is 27.0. The maximum absolute atomic E-state index is 12.9. The molecular weight excluding hydrogens is 309 g/mol. The van der Waals surface area contributed by atoms with Crippen molar-refractivity contribution in [2.45, 2.75) is 38.1 Å². The van der Waals surface area contributed by atoms with Crippen LogP contribution in [0.2, 0.25) is 0 Å². The smallest absolute Gasteiger partial charge is 0.251 e. The highest BCUT2D eigenvalue weighted by atomic mass is 79.9. The fourth-order valence-corrected chi connectivity index (χ4v) is 3.22. The lowest BCUT2D eigenvalue weighted by Gasteiger charge is -2.39. The highest BCUT2D eigenvalue weighted by Crippen LogP contribution is 2.33. The summed E-state index contributed by atoms with van der Waals surface area (Å²) in [7, 11) is 0. The Bertz CT molecular complexity index is 438. The Labute approximate surface area is 121 Å². The molecule has 0 spiro atoms. The largest absolute Gasteiger partial charge is 0.346 e. The molecule has 0 radical (unpaired) electrons. The fourth-order valence-electron chi connectivity index (χ4n) is 2.52. The Morgan fingerprint density at radius 2 is 1.95 bits per heavy atom. The molecule has 1 saturated carbocycles. The average molecular weight is 328 g/mol. The minimum atomic E-state index is -0.321. The first-order valence-electron chi connectivity index (χ1n) is 6.69. The van der Waals surface area contributed by atoms with E-state index in [1.54, 1.807) is 0 Å². The van der Waals surface area contributed by atoms with Crippen molar-refractivity contribution in [1.82, 2.24) is 5.32 Å². The van der Waals surface area contributed by atoms with Crippen LogP contribution in [0.4, 0.5) is 4.39 Å². The van der Waals surface area contributed by atoms with E-state index in [2.05, 4.69) is 28.2 Å². The van der Waals surface area contributed by atoms with Gasteiger partial charge in [0, 0.05) is 10.9 Å². The molecule has 1 fully saturated rings. The van der Waals surface area contributed by atoms with Crippen molar-refractivity contribution in [3.8, 4) is 0 Å². The molecule has 2 nitrogen and oxygen atoms in total. The monoisotopic (exact) mass is 327 g/mol. The molecule has 4 heteroatoms. The maximum atomic E-state index is 12.9. The lowest BCUT2D eigenvalue weighted by atomic mass is 9.78. The molecule has 1 aliphatic carbocycles. The van der Waals surface area contributed by atoms with Gasteiger partial charge in [-0.15, -0.1) is 0 Å². The van der Waals surface area contributed by atoms with Crippen molar-refractivity contribution < 1.29 is 9.18 Å². The number of carbonyl (C=O) groups is 1. The highest BCUT2D eigenvalue weighted by Gasteiger charge is 2.34. The number of nitrogens with one attached hydrogen (secondary N) is 1. The standard InChI is InChI=1S/C15H19BrFNO/c1-11-6-8-15(10-16,9-7-11)18-14(19)12-2-4-13(17)5-3-12/h2-5,11H,6-10H2,1H3,(H,18,19). The van der Waals surface area contributed by atoms with Crippen molar-refractivity contribution in [2.75, 3.05) is 5.33 Å². The molecule has 0 atom stereocenters. The van der Waals surface area contributed by atoms with Crippen LogP contribution >= 0.6 is 15.9 Å². The Kier molecular flexibility index (Phi) is 4.61. The zero-order chi connectivity index (χ0) is 13.9. The number of carbonyl (C=O) groups excluding carboxylic acids is 1. The molecule has 1 aliphatic rings. The van der Waals surface area contributed by atoms with Gasteiger partial charge in [0.2, 0.25) is 0 Å². The number of rotatable bonds is 3. The predicted molar refractivity (Wildman–Crippen MR) is 78.0 cm³/mol. The predicted octanol–water partition coefficient (Wildman–Crippen LogP) is 3.90. The Morgan fingerprint density at radius 1 is 1.37 bits per heavy atom. The summed E-state index contributed by atoms with van der Waals surface area (Å²) in [6, 6.07) is 5.69. The number of benzene rings is 1.